The summed E-state index contributed by atoms with van der Waals surface area (Å²) in [5.74, 6) is -0.555. The van der Waals surface area contributed by atoms with Crippen LogP contribution in [0.4, 0.5) is 5.88 Å². The summed E-state index contributed by atoms with van der Waals surface area (Å²) in [6.45, 7) is 1.67. The molecule has 94 valence electrons. The first-order chi connectivity index (χ1) is 8.56. The SMILES string of the molecule is Cc1noc(CNC(=O)c2ccc([N+](=O)[O-])o2)n1. The van der Waals surface area contributed by atoms with E-state index in [1.165, 1.54) is 6.07 Å². The molecule has 0 fully saturated rings. The lowest BCUT2D eigenvalue weighted by Gasteiger charge is -1.97. The van der Waals surface area contributed by atoms with Crippen LogP contribution < -0.4 is 5.32 Å². The van der Waals surface area contributed by atoms with Crippen molar-refractivity contribution in [3.63, 3.8) is 0 Å². The molecule has 2 aromatic heterocycles. The molecular weight excluding hydrogens is 244 g/mol. The molecule has 0 aliphatic rings. The zero-order chi connectivity index (χ0) is 13.1. The number of aryl methyl sites for hydroxylation is 1. The number of carbonyl (C=O) groups is 1. The van der Waals surface area contributed by atoms with Crippen molar-refractivity contribution in [2.45, 2.75) is 13.5 Å². The second-order valence-electron chi connectivity index (χ2n) is 3.31. The van der Waals surface area contributed by atoms with Crippen molar-refractivity contribution >= 4 is 11.8 Å². The van der Waals surface area contributed by atoms with Crippen LogP contribution in [0.5, 0.6) is 0 Å². The molecule has 0 aliphatic heterocycles. The molecule has 0 saturated heterocycles. The quantitative estimate of drug-likeness (QED) is 0.630. The Balaban J connectivity index is 1.97. The number of nitrogens with zero attached hydrogens (tertiary/aromatic N) is 3. The minimum Gasteiger partial charge on any atom is -0.395 e. The summed E-state index contributed by atoms with van der Waals surface area (Å²) in [7, 11) is 0. The summed E-state index contributed by atoms with van der Waals surface area (Å²) in [5, 5.41) is 16.3. The van der Waals surface area contributed by atoms with Gasteiger partial charge in [0.15, 0.2) is 11.6 Å². The lowest BCUT2D eigenvalue weighted by atomic mass is 10.4. The standard InChI is InChI=1S/C9H8N4O5/c1-5-11-7(18-12-5)4-10-9(14)6-2-3-8(17-6)13(15)16/h2-3H,4H2,1H3,(H,10,14). The largest absolute Gasteiger partial charge is 0.433 e. The Hall–Kier alpha value is -2.71. The van der Waals surface area contributed by atoms with E-state index in [0.717, 1.165) is 6.07 Å². The van der Waals surface area contributed by atoms with E-state index in [9.17, 15) is 14.9 Å². The summed E-state index contributed by atoms with van der Waals surface area (Å²) in [6, 6.07) is 2.32. The van der Waals surface area contributed by atoms with E-state index in [2.05, 4.69) is 15.5 Å². The average molecular weight is 252 g/mol. The Kier molecular flexibility index (Phi) is 3.04. The highest BCUT2D eigenvalue weighted by Crippen LogP contribution is 2.15. The lowest BCUT2D eigenvalue weighted by Crippen LogP contribution is -2.22. The zero-order valence-electron chi connectivity index (χ0n) is 9.24. The number of nitrogens with one attached hydrogen (secondary N) is 1. The normalized spacial score (nSPS) is 10.3. The second kappa shape index (κ2) is 4.65. The van der Waals surface area contributed by atoms with E-state index in [1.54, 1.807) is 6.92 Å². The van der Waals surface area contributed by atoms with Gasteiger partial charge in [-0.1, -0.05) is 5.16 Å². The topological polar surface area (TPSA) is 124 Å². The van der Waals surface area contributed by atoms with Crippen LogP contribution in [0.2, 0.25) is 0 Å². The molecule has 1 N–H and O–H groups in total. The van der Waals surface area contributed by atoms with Crippen LogP contribution in [-0.2, 0) is 6.54 Å². The summed E-state index contributed by atoms with van der Waals surface area (Å²) in [6.07, 6.45) is 0. The van der Waals surface area contributed by atoms with Gasteiger partial charge in [-0.25, -0.2) is 0 Å². The van der Waals surface area contributed by atoms with Crippen molar-refractivity contribution < 1.29 is 18.7 Å². The number of nitro groups is 1. The van der Waals surface area contributed by atoms with Crippen molar-refractivity contribution in [1.82, 2.24) is 15.5 Å². The molecule has 0 radical (unpaired) electrons. The summed E-state index contributed by atoms with van der Waals surface area (Å²) in [4.78, 5) is 25.1. The number of carbonyl (C=O) groups excluding carboxylic acids is 1. The van der Waals surface area contributed by atoms with Gasteiger partial charge in [0, 0.05) is 0 Å². The van der Waals surface area contributed by atoms with Crippen LogP contribution in [0.3, 0.4) is 0 Å². The fourth-order valence-corrected chi connectivity index (χ4v) is 1.20. The lowest BCUT2D eigenvalue weighted by molar-refractivity contribution is -0.402. The predicted molar refractivity (Wildman–Crippen MR) is 55.6 cm³/mol. The highest BCUT2D eigenvalue weighted by molar-refractivity contribution is 5.91. The Morgan fingerprint density at radius 3 is 2.89 bits per heavy atom. The average Bonchev–Trinajstić information content (AvgIpc) is 2.94. The zero-order valence-corrected chi connectivity index (χ0v) is 9.24. The number of hydrogen-bond acceptors (Lipinski definition) is 7. The van der Waals surface area contributed by atoms with Crippen LogP contribution in [0.25, 0.3) is 0 Å². The van der Waals surface area contributed by atoms with Gasteiger partial charge in [0.05, 0.1) is 12.6 Å². The van der Waals surface area contributed by atoms with Crippen molar-refractivity contribution in [3.8, 4) is 0 Å². The van der Waals surface area contributed by atoms with Crippen molar-refractivity contribution in [1.29, 1.82) is 0 Å². The molecule has 9 nitrogen and oxygen atoms in total. The van der Waals surface area contributed by atoms with E-state index in [0.29, 0.717) is 5.82 Å². The first-order valence-electron chi connectivity index (χ1n) is 4.88. The maximum atomic E-state index is 11.5. The van der Waals surface area contributed by atoms with Crippen molar-refractivity contribution in [2.24, 2.45) is 0 Å². The summed E-state index contributed by atoms with van der Waals surface area (Å²) in [5.41, 5.74) is 0. The molecule has 0 saturated carbocycles. The van der Waals surface area contributed by atoms with Crippen LogP contribution in [0, 0.1) is 17.0 Å². The van der Waals surface area contributed by atoms with Gasteiger partial charge in [0.2, 0.25) is 5.89 Å². The molecule has 0 aromatic carbocycles. The van der Waals surface area contributed by atoms with Crippen LogP contribution in [0.1, 0.15) is 22.3 Å². The van der Waals surface area contributed by atoms with E-state index in [-0.39, 0.29) is 18.2 Å². The minimum atomic E-state index is -0.724. The monoisotopic (exact) mass is 252 g/mol. The number of amides is 1. The van der Waals surface area contributed by atoms with Crippen LogP contribution >= 0.6 is 0 Å². The highest BCUT2D eigenvalue weighted by Gasteiger charge is 2.17. The van der Waals surface area contributed by atoms with E-state index < -0.39 is 16.7 Å². The molecule has 18 heavy (non-hydrogen) atoms. The van der Waals surface area contributed by atoms with Crippen LogP contribution in [-0.4, -0.2) is 21.0 Å². The van der Waals surface area contributed by atoms with Gasteiger partial charge in [-0.2, -0.15) is 4.98 Å². The maximum absolute atomic E-state index is 11.5. The third-order valence-electron chi connectivity index (χ3n) is 1.97. The fourth-order valence-electron chi connectivity index (χ4n) is 1.20. The maximum Gasteiger partial charge on any atom is 0.433 e. The molecule has 0 bridgehead atoms. The van der Waals surface area contributed by atoms with Gasteiger partial charge >= 0.3 is 5.88 Å². The van der Waals surface area contributed by atoms with E-state index >= 15 is 0 Å². The molecule has 2 aromatic rings. The third-order valence-corrected chi connectivity index (χ3v) is 1.97. The Morgan fingerprint density at radius 2 is 2.33 bits per heavy atom. The Morgan fingerprint density at radius 1 is 1.56 bits per heavy atom. The predicted octanol–water partition coefficient (Wildman–Crippen LogP) is 0.809. The first kappa shape index (κ1) is 11.8. The highest BCUT2D eigenvalue weighted by atomic mass is 16.6. The molecule has 2 rings (SSSR count). The van der Waals surface area contributed by atoms with Gasteiger partial charge in [-0.3, -0.25) is 14.9 Å². The molecule has 1 amide bonds. The molecule has 0 aliphatic carbocycles. The molecular formula is C9H8N4O5. The summed E-state index contributed by atoms with van der Waals surface area (Å²) >= 11 is 0. The number of hydrogen-bond donors (Lipinski definition) is 1. The van der Waals surface area contributed by atoms with Crippen molar-refractivity contribution in [2.75, 3.05) is 0 Å². The number of furan rings is 1. The van der Waals surface area contributed by atoms with Gasteiger partial charge in [0.25, 0.3) is 5.91 Å². The van der Waals surface area contributed by atoms with Gasteiger partial charge in [-0.05, 0) is 13.0 Å². The molecule has 9 heteroatoms. The molecule has 0 atom stereocenters. The molecule has 2 heterocycles. The van der Waals surface area contributed by atoms with E-state index in [1.807, 2.05) is 0 Å². The third kappa shape index (κ3) is 2.51. The fraction of sp³-hybridized carbons (Fsp3) is 0.222. The van der Waals surface area contributed by atoms with Crippen molar-refractivity contribution in [3.05, 3.63) is 39.7 Å². The number of rotatable bonds is 4. The first-order valence-corrected chi connectivity index (χ1v) is 4.88. The Labute approximate surface area is 99.9 Å². The van der Waals surface area contributed by atoms with Crippen LogP contribution in [0.15, 0.2) is 21.1 Å². The Bertz CT molecular complexity index is 587. The molecule has 0 unspecified atom stereocenters. The second-order valence-corrected chi connectivity index (χ2v) is 3.31. The van der Waals surface area contributed by atoms with Gasteiger partial charge in [0.1, 0.15) is 4.92 Å². The smallest absolute Gasteiger partial charge is 0.395 e. The summed E-state index contributed by atoms with van der Waals surface area (Å²) < 4.78 is 9.50. The van der Waals surface area contributed by atoms with Gasteiger partial charge < -0.3 is 14.3 Å². The number of aromatic nitrogens is 2. The van der Waals surface area contributed by atoms with Gasteiger partial charge in [-0.15, -0.1) is 0 Å². The minimum absolute atomic E-state index is 0.0220. The molecule has 0 spiro atoms. The van der Waals surface area contributed by atoms with E-state index in [4.69, 9.17) is 8.94 Å².